The Balaban J connectivity index is 1.15. The second kappa shape index (κ2) is 12.8. The lowest BCUT2D eigenvalue weighted by Crippen LogP contribution is -2.11. The molecule has 2 heteroatoms. The van der Waals surface area contributed by atoms with Crippen LogP contribution in [0.1, 0.15) is 0 Å². The van der Waals surface area contributed by atoms with Crippen molar-refractivity contribution in [3.63, 3.8) is 0 Å². The van der Waals surface area contributed by atoms with E-state index in [4.69, 9.17) is 4.42 Å². The summed E-state index contributed by atoms with van der Waals surface area (Å²) in [5.74, 6) is 0.874. The van der Waals surface area contributed by atoms with Crippen LogP contribution in [0.25, 0.3) is 66.4 Å². The molecule has 0 atom stereocenters. The van der Waals surface area contributed by atoms with E-state index in [0.29, 0.717) is 0 Å². The van der Waals surface area contributed by atoms with E-state index in [1.165, 1.54) is 33.0 Å². The van der Waals surface area contributed by atoms with Crippen LogP contribution in [0.3, 0.4) is 0 Å². The summed E-state index contributed by atoms with van der Waals surface area (Å²) in [7, 11) is 0. The summed E-state index contributed by atoms with van der Waals surface area (Å²) in [4.78, 5) is 2.38. The van der Waals surface area contributed by atoms with Gasteiger partial charge < -0.3 is 9.32 Å². The molecule has 0 saturated carbocycles. The maximum Gasteiger partial charge on any atom is 0.135 e. The Morgan fingerprint density at radius 2 is 0.980 bits per heavy atom. The van der Waals surface area contributed by atoms with Gasteiger partial charge in [-0.3, -0.25) is 0 Å². The van der Waals surface area contributed by atoms with Gasteiger partial charge in [-0.25, -0.2) is 0 Å². The number of benzene rings is 8. The van der Waals surface area contributed by atoms with E-state index < -0.39 is 0 Å². The second-order valence-corrected chi connectivity index (χ2v) is 12.6. The molecule has 9 rings (SSSR count). The maximum atomic E-state index is 6.20. The minimum Gasteiger partial charge on any atom is -0.456 e. The SMILES string of the molecule is c1ccc(-c2ccccc2N(c2ccc(-c3cccc(-c4cc5ccccc5o4)c3)cc2)c2cccc(-c3cccc4ccccc34)c2)cc1. The number of para-hydroxylation sites is 2. The first kappa shape index (κ1) is 29.5. The molecular formula is C48H33NO. The van der Waals surface area contributed by atoms with Gasteiger partial charge in [-0.2, -0.15) is 0 Å². The monoisotopic (exact) mass is 639 g/mol. The van der Waals surface area contributed by atoms with Gasteiger partial charge in [0.15, 0.2) is 0 Å². The van der Waals surface area contributed by atoms with Crippen LogP contribution in [-0.2, 0) is 0 Å². The molecule has 0 N–H and O–H groups in total. The van der Waals surface area contributed by atoms with E-state index in [1.807, 2.05) is 18.2 Å². The number of rotatable bonds is 7. The van der Waals surface area contributed by atoms with Crippen molar-refractivity contribution in [3.05, 3.63) is 200 Å². The maximum absolute atomic E-state index is 6.20. The predicted molar refractivity (Wildman–Crippen MR) is 210 cm³/mol. The average Bonchev–Trinajstić information content (AvgIpc) is 3.64. The van der Waals surface area contributed by atoms with Crippen LogP contribution in [-0.4, -0.2) is 0 Å². The third kappa shape index (κ3) is 5.53. The number of hydrogen-bond donors (Lipinski definition) is 0. The Labute approximate surface area is 292 Å². The van der Waals surface area contributed by atoms with E-state index in [2.05, 4.69) is 187 Å². The highest BCUT2D eigenvalue weighted by atomic mass is 16.3. The van der Waals surface area contributed by atoms with Gasteiger partial charge in [0.05, 0.1) is 5.69 Å². The Morgan fingerprint density at radius 3 is 1.86 bits per heavy atom. The van der Waals surface area contributed by atoms with Crippen LogP contribution in [0.15, 0.2) is 205 Å². The molecule has 0 radical (unpaired) electrons. The van der Waals surface area contributed by atoms with E-state index >= 15 is 0 Å². The minimum atomic E-state index is 0.874. The highest BCUT2D eigenvalue weighted by Gasteiger charge is 2.18. The zero-order valence-corrected chi connectivity index (χ0v) is 27.4. The zero-order chi connectivity index (χ0) is 33.3. The molecule has 9 aromatic rings. The first-order valence-corrected chi connectivity index (χ1v) is 17.0. The van der Waals surface area contributed by atoms with Gasteiger partial charge in [-0.05, 0) is 87.1 Å². The van der Waals surface area contributed by atoms with Crippen molar-refractivity contribution in [2.45, 2.75) is 0 Å². The summed E-state index contributed by atoms with van der Waals surface area (Å²) < 4.78 is 6.20. The molecule has 50 heavy (non-hydrogen) atoms. The van der Waals surface area contributed by atoms with E-state index in [1.54, 1.807) is 0 Å². The molecule has 8 aromatic carbocycles. The molecule has 0 aliphatic carbocycles. The largest absolute Gasteiger partial charge is 0.456 e. The molecule has 236 valence electrons. The van der Waals surface area contributed by atoms with Gasteiger partial charge in [0, 0.05) is 27.9 Å². The molecule has 1 heterocycles. The number of anilines is 3. The Kier molecular flexibility index (Phi) is 7.53. The van der Waals surface area contributed by atoms with Crippen LogP contribution in [0, 0.1) is 0 Å². The average molecular weight is 640 g/mol. The topological polar surface area (TPSA) is 16.4 Å². The van der Waals surface area contributed by atoms with Crippen LogP contribution in [0.4, 0.5) is 17.1 Å². The summed E-state index contributed by atoms with van der Waals surface area (Å²) >= 11 is 0. The van der Waals surface area contributed by atoms with Crippen molar-refractivity contribution >= 4 is 38.8 Å². The van der Waals surface area contributed by atoms with Crippen molar-refractivity contribution in [3.8, 4) is 44.7 Å². The first-order valence-electron chi connectivity index (χ1n) is 17.0. The van der Waals surface area contributed by atoms with Gasteiger partial charge in [-0.15, -0.1) is 0 Å². The summed E-state index contributed by atoms with van der Waals surface area (Å²) in [5, 5.41) is 3.59. The first-order chi connectivity index (χ1) is 24.8. The lowest BCUT2D eigenvalue weighted by Gasteiger charge is -2.28. The molecule has 0 aliphatic rings. The van der Waals surface area contributed by atoms with Crippen LogP contribution in [0.2, 0.25) is 0 Å². The molecular weight excluding hydrogens is 607 g/mol. The zero-order valence-electron chi connectivity index (χ0n) is 27.4. The Hall–Kier alpha value is -6.64. The van der Waals surface area contributed by atoms with Gasteiger partial charge >= 0.3 is 0 Å². The van der Waals surface area contributed by atoms with Gasteiger partial charge in [0.2, 0.25) is 0 Å². The Bertz CT molecular complexity index is 2560. The predicted octanol–water partition coefficient (Wildman–Crippen LogP) is 13.7. The number of hydrogen-bond acceptors (Lipinski definition) is 2. The third-order valence-corrected chi connectivity index (χ3v) is 9.47. The molecule has 0 saturated heterocycles. The third-order valence-electron chi connectivity index (χ3n) is 9.47. The fourth-order valence-corrected chi connectivity index (χ4v) is 7.03. The van der Waals surface area contributed by atoms with Gasteiger partial charge in [0.25, 0.3) is 0 Å². The van der Waals surface area contributed by atoms with E-state index in [-0.39, 0.29) is 0 Å². The smallest absolute Gasteiger partial charge is 0.135 e. The number of furan rings is 1. The normalized spacial score (nSPS) is 11.2. The van der Waals surface area contributed by atoms with Crippen molar-refractivity contribution < 1.29 is 4.42 Å². The van der Waals surface area contributed by atoms with Crippen molar-refractivity contribution in [1.82, 2.24) is 0 Å². The van der Waals surface area contributed by atoms with Crippen molar-refractivity contribution in [2.75, 3.05) is 4.90 Å². The van der Waals surface area contributed by atoms with Crippen molar-refractivity contribution in [2.24, 2.45) is 0 Å². The van der Waals surface area contributed by atoms with Crippen LogP contribution < -0.4 is 4.90 Å². The van der Waals surface area contributed by atoms with Crippen LogP contribution in [0.5, 0.6) is 0 Å². The van der Waals surface area contributed by atoms with Crippen molar-refractivity contribution in [1.29, 1.82) is 0 Å². The number of nitrogens with zero attached hydrogens (tertiary/aromatic N) is 1. The van der Waals surface area contributed by atoms with Gasteiger partial charge in [0.1, 0.15) is 11.3 Å². The number of fused-ring (bicyclic) bond motifs is 2. The molecule has 0 fully saturated rings. The Morgan fingerprint density at radius 1 is 0.340 bits per heavy atom. The molecule has 0 spiro atoms. The summed E-state index contributed by atoms with van der Waals surface area (Å²) in [6, 6.07) is 71.1. The molecule has 2 nitrogen and oxygen atoms in total. The summed E-state index contributed by atoms with van der Waals surface area (Å²) in [6.07, 6.45) is 0. The summed E-state index contributed by atoms with van der Waals surface area (Å²) in [6.45, 7) is 0. The molecule has 0 amide bonds. The standard InChI is InChI=1S/C48H33NO/c1-2-13-36(14-3-1)45-23-7-8-25-46(45)49(42-21-11-19-38(32-42)44-24-12-17-35-15-4-6-22-43(35)44)41-29-27-34(28-30-41)37-18-10-20-39(31-37)48-33-40-16-5-9-26-47(40)50-48/h1-33H. The lowest BCUT2D eigenvalue weighted by atomic mass is 9.97. The molecule has 1 aromatic heterocycles. The molecule has 0 bridgehead atoms. The highest BCUT2D eigenvalue weighted by molar-refractivity contribution is 5.98. The van der Waals surface area contributed by atoms with Gasteiger partial charge in [-0.1, -0.05) is 152 Å². The molecule has 0 aliphatic heterocycles. The highest BCUT2D eigenvalue weighted by Crippen LogP contribution is 2.43. The fourth-order valence-electron chi connectivity index (χ4n) is 7.03. The van der Waals surface area contributed by atoms with Crippen LogP contribution >= 0.6 is 0 Å². The lowest BCUT2D eigenvalue weighted by molar-refractivity contribution is 0.631. The fraction of sp³-hybridized carbons (Fsp3) is 0. The quantitative estimate of drug-likeness (QED) is 0.173. The molecule has 0 unspecified atom stereocenters. The van der Waals surface area contributed by atoms with E-state index in [9.17, 15) is 0 Å². The minimum absolute atomic E-state index is 0.874. The summed E-state index contributed by atoms with van der Waals surface area (Å²) in [5.41, 5.74) is 12.3. The second-order valence-electron chi connectivity index (χ2n) is 12.6. The van der Waals surface area contributed by atoms with E-state index in [0.717, 1.165) is 50.5 Å².